The summed E-state index contributed by atoms with van der Waals surface area (Å²) in [6, 6.07) is 9.03. The van der Waals surface area contributed by atoms with Crippen molar-refractivity contribution in [3.05, 3.63) is 47.3 Å². The van der Waals surface area contributed by atoms with Gasteiger partial charge in [0.05, 0.1) is 18.7 Å². The highest BCUT2D eigenvalue weighted by atomic mass is 16.2. The van der Waals surface area contributed by atoms with E-state index in [1.165, 1.54) is 17.5 Å². The molecule has 1 fully saturated rings. The molecule has 3 heterocycles. The van der Waals surface area contributed by atoms with Crippen LogP contribution >= 0.6 is 0 Å². The van der Waals surface area contributed by atoms with Gasteiger partial charge in [0.25, 0.3) is 0 Å². The number of carbonyl (C=O) groups is 1. The van der Waals surface area contributed by atoms with Crippen LogP contribution in [-0.2, 0) is 24.3 Å². The number of benzene rings is 1. The van der Waals surface area contributed by atoms with Gasteiger partial charge in [0.2, 0.25) is 5.91 Å². The highest BCUT2D eigenvalue weighted by Gasteiger charge is 2.35. The Balaban J connectivity index is 1.52. The molecule has 6 heteroatoms. The summed E-state index contributed by atoms with van der Waals surface area (Å²) in [6.45, 7) is 2.82. The number of likely N-dealkylation sites (N-methyl/N-ethyl adjacent to an activating group) is 1. The SMILES string of the molecule is CN1CC(=O)N(C2CCC2)Cc2c1ncnc2N1CCc2ccccc2C1. The molecule has 0 N–H and O–H groups in total. The third kappa shape index (κ3) is 2.83. The molecule has 1 saturated carbocycles. The first-order valence-electron chi connectivity index (χ1n) is 9.87. The summed E-state index contributed by atoms with van der Waals surface area (Å²) in [5, 5.41) is 0. The van der Waals surface area contributed by atoms with Gasteiger partial charge in [-0.3, -0.25) is 4.79 Å². The minimum Gasteiger partial charge on any atom is -0.351 e. The first-order chi connectivity index (χ1) is 13.2. The summed E-state index contributed by atoms with van der Waals surface area (Å²) in [5.41, 5.74) is 3.89. The molecule has 1 amide bonds. The van der Waals surface area contributed by atoms with Crippen LogP contribution in [0.25, 0.3) is 0 Å². The van der Waals surface area contributed by atoms with Crippen LogP contribution in [0.15, 0.2) is 30.6 Å². The van der Waals surface area contributed by atoms with Crippen LogP contribution in [-0.4, -0.2) is 47.0 Å². The fourth-order valence-electron chi connectivity index (χ4n) is 4.47. The Morgan fingerprint density at radius 2 is 1.78 bits per heavy atom. The predicted octanol–water partition coefficient (Wildman–Crippen LogP) is 2.37. The van der Waals surface area contributed by atoms with Gasteiger partial charge >= 0.3 is 0 Å². The van der Waals surface area contributed by atoms with E-state index in [9.17, 15) is 4.79 Å². The minimum atomic E-state index is 0.204. The third-order valence-corrected chi connectivity index (χ3v) is 6.23. The Morgan fingerprint density at radius 3 is 2.56 bits per heavy atom. The maximum atomic E-state index is 12.8. The van der Waals surface area contributed by atoms with Crippen LogP contribution in [0.2, 0.25) is 0 Å². The standard InChI is InChI=1S/C21H25N5O/c1-24-13-19(27)26(17-7-4-8-17)12-18-20(24)22-14-23-21(18)25-10-9-15-5-2-3-6-16(15)11-25/h2-3,5-6,14,17H,4,7-13H2,1H3. The molecule has 2 aliphatic heterocycles. The number of amides is 1. The van der Waals surface area contributed by atoms with E-state index in [1.54, 1.807) is 6.33 Å². The molecular weight excluding hydrogens is 338 g/mol. The van der Waals surface area contributed by atoms with Crippen molar-refractivity contribution in [2.45, 2.75) is 44.8 Å². The van der Waals surface area contributed by atoms with E-state index in [0.717, 1.165) is 49.6 Å². The molecule has 6 nitrogen and oxygen atoms in total. The summed E-state index contributed by atoms with van der Waals surface area (Å²) in [6.07, 6.45) is 6.12. The van der Waals surface area contributed by atoms with Crippen LogP contribution < -0.4 is 9.80 Å². The van der Waals surface area contributed by atoms with Crippen LogP contribution in [0.3, 0.4) is 0 Å². The second-order valence-electron chi connectivity index (χ2n) is 7.90. The van der Waals surface area contributed by atoms with Gasteiger partial charge in [0.15, 0.2) is 0 Å². The highest BCUT2D eigenvalue weighted by molar-refractivity contribution is 5.84. The zero-order valence-corrected chi connectivity index (χ0v) is 15.8. The van der Waals surface area contributed by atoms with Gasteiger partial charge in [0, 0.05) is 26.2 Å². The maximum absolute atomic E-state index is 12.8. The van der Waals surface area contributed by atoms with Crippen LogP contribution in [0, 0.1) is 0 Å². The van der Waals surface area contributed by atoms with E-state index >= 15 is 0 Å². The van der Waals surface area contributed by atoms with Crippen LogP contribution in [0.5, 0.6) is 0 Å². The number of fused-ring (bicyclic) bond motifs is 2. The molecule has 5 rings (SSSR count). The molecule has 0 atom stereocenters. The van der Waals surface area contributed by atoms with Gasteiger partial charge in [-0.2, -0.15) is 0 Å². The molecule has 0 saturated heterocycles. The molecule has 1 aromatic heterocycles. The number of rotatable bonds is 2. The molecule has 0 spiro atoms. The van der Waals surface area contributed by atoms with Crippen LogP contribution in [0.1, 0.15) is 36.0 Å². The van der Waals surface area contributed by atoms with Crippen molar-refractivity contribution >= 4 is 17.5 Å². The lowest BCUT2D eigenvalue weighted by atomic mass is 9.91. The Labute approximate surface area is 159 Å². The van der Waals surface area contributed by atoms with E-state index in [2.05, 4.69) is 44.0 Å². The number of aromatic nitrogens is 2. The molecule has 0 bridgehead atoms. The number of hydrogen-bond donors (Lipinski definition) is 0. The topological polar surface area (TPSA) is 52.6 Å². The molecule has 1 aromatic carbocycles. The lowest BCUT2D eigenvalue weighted by Crippen LogP contribution is -2.45. The number of nitrogens with zero attached hydrogens (tertiary/aromatic N) is 5. The van der Waals surface area contributed by atoms with Crippen molar-refractivity contribution in [1.82, 2.24) is 14.9 Å². The molecule has 2 aromatic rings. The summed E-state index contributed by atoms with van der Waals surface area (Å²) in [5.74, 6) is 2.09. The monoisotopic (exact) mass is 363 g/mol. The first-order valence-corrected chi connectivity index (χ1v) is 9.87. The quantitative estimate of drug-likeness (QED) is 0.820. The average molecular weight is 363 g/mol. The van der Waals surface area contributed by atoms with Gasteiger partial charge in [-0.1, -0.05) is 24.3 Å². The molecule has 3 aliphatic rings. The average Bonchev–Trinajstić information content (AvgIpc) is 2.77. The number of anilines is 2. The maximum Gasteiger partial charge on any atom is 0.242 e. The van der Waals surface area contributed by atoms with Gasteiger partial charge < -0.3 is 14.7 Å². The van der Waals surface area contributed by atoms with E-state index in [4.69, 9.17) is 0 Å². The van der Waals surface area contributed by atoms with E-state index in [-0.39, 0.29) is 5.91 Å². The minimum absolute atomic E-state index is 0.204. The van der Waals surface area contributed by atoms with Crippen molar-refractivity contribution < 1.29 is 4.79 Å². The second-order valence-corrected chi connectivity index (χ2v) is 7.90. The Hall–Kier alpha value is -2.63. The van der Waals surface area contributed by atoms with Crippen molar-refractivity contribution in [1.29, 1.82) is 0 Å². The molecule has 1 aliphatic carbocycles. The summed E-state index contributed by atoms with van der Waals surface area (Å²) < 4.78 is 0. The van der Waals surface area contributed by atoms with Gasteiger partial charge in [-0.25, -0.2) is 9.97 Å². The summed E-state index contributed by atoms with van der Waals surface area (Å²) in [7, 11) is 1.96. The Bertz CT molecular complexity index is 879. The Kier molecular flexibility index (Phi) is 3.99. The van der Waals surface area contributed by atoms with Crippen molar-refractivity contribution in [3.8, 4) is 0 Å². The normalized spacial score (nSPS) is 20.0. The third-order valence-electron chi connectivity index (χ3n) is 6.23. The van der Waals surface area contributed by atoms with Gasteiger partial charge in [0.1, 0.15) is 18.0 Å². The molecule has 140 valence electrons. The summed E-state index contributed by atoms with van der Waals surface area (Å²) in [4.78, 5) is 28.4. The van der Waals surface area contributed by atoms with Crippen molar-refractivity contribution in [2.24, 2.45) is 0 Å². The molecule has 0 radical (unpaired) electrons. The highest BCUT2D eigenvalue weighted by Crippen LogP contribution is 2.35. The predicted molar refractivity (Wildman–Crippen MR) is 105 cm³/mol. The van der Waals surface area contributed by atoms with Gasteiger partial charge in [-0.05, 0) is 36.8 Å². The van der Waals surface area contributed by atoms with E-state index < -0.39 is 0 Å². The van der Waals surface area contributed by atoms with Crippen molar-refractivity contribution in [3.63, 3.8) is 0 Å². The fourth-order valence-corrected chi connectivity index (χ4v) is 4.47. The zero-order valence-electron chi connectivity index (χ0n) is 15.8. The van der Waals surface area contributed by atoms with Crippen molar-refractivity contribution in [2.75, 3.05) is 29.9 Å². The number of carbonyl (C=O) groups excluding carboxylic acids is 1. The first kappa shape index (κ1) is 16.5. The number of hydrogen-bond acceptors (Lipinski definition) is 5. The van der Waals surface area contributed by atoms with E-state index in [0.29, 0.717) is 19.1 Å². The largest absolute Gasteiger partial charge is 0.351 e. The summed E-state index contributed by atoms with van der Waals surface area (Å²) >= 11 is 0. The fraction of sp³-hybridized carbons (Fsp3) is 0.476. The zero-order chi connectivity index (χ0) is 18.4. The molecular formula is C21H25N5O. The molecule has 0 unspecified atom stereocenters. The Morgan fingerprint density at radius 1 is 1.00 bits per heavy atom. The lowest BCUT2D eigenvalue weighted by Gasteiger charge is -2.37. The second kappa shape index (κ2) is 6.51. The van der Waals surface area contributed by atoms with Gasteiger partial charge in [-0.15, -0.1) is 0 Å². The lowest BCUT2D eigenvalue weighted by molar-refractivity contribution is -0.134. The smallest absolute Gasteiger partial charge is 0.242 e. The molecule has 27 heavy (non-hydrogen) atoms. The van der Waals surface area contributed by atoms with E-state index in [1.807, 2.05) is 11.9 Å². The van der Waals surface area contributed by atoms with Crippen LogP contribution in [0.4, 0.5) is 11.6 Å².